The number of halogens is 5. The average molecular weight is 1960 g/mol. The van der Waals surface area contributed by atoms with Crippen LogP contribution in [0.3, 0.4) is 0 Å². The Morgan fingerprint density at radius 1 is 0.259 bits per heavy atom. The van der Waals surface area contributed by atoms with Gasteiger partial charge in [-0.15, -0.1) is 0 Å². The largest absolute Gasteiger partial charge is 0.497 e. The van der Waals surface area contributed by atoms with Crippen LogP contribution in [0, 0.1) is 40.1 Å². The molecule has 0 saturated heterocycles. The molecule has 692 valence electrons. The van der Waals surface area contributed by atoms with Crippen molar-refractivity contribution in [1.29, 1.82) is 10.5 Å². The van der Waals surface area contributed by atoms with Gasteiger partial charge in [0.05, 0.1) is 109 Å². The van der Waals surface area contributed by atoms with Gasteiger partial charge in [0, 0.05) is 118 Å². The minimum Gasteiger partial charge on any atom is -0.497 e. The molecule has 0 bridgehead atoms. The minimum atomic E-state index is -3.84. The average Bonchev–Trinajstić information content (AvgIpc) is 0.812. The van der Waals surface area contributed by atoms with E-state index in [1.807, 2.05) is 60.7 Å². The van der Waals surface area contributed by atoms with E-state index in [9.17, 15) is 55.3 Å². The third-order valence-electron chi connectivity index (χ3n) is 19.9. The first kappa shape index (κ1) is 101. The van der Waals surface area contributed by atoms with Crippen LogP contribution in [0.15, 0.2) is 323 Å². The maximum absolute atomic E-state index is 13.6. The Kier molecular flexibility index (Phi) is 34.5. The third-order valence-corrected chi connectivity index (χ3v) is 28.9. The Labute approximate surface area is 789 Å². The molecule has 6 heterocycles. The lowest BCUT2D eigenvalue weighted by atomic mass is 10.0. The lowest BCUT2D eigenvalue weighted by molar-refractivity contribution is 0.398. The molecular weight excluding hydrogens is 1880 g/mol. The number of nitriles is 2. The van der Waals surface area contributed by atoms with E-state index in [0.717, 1.165) is 98.0 Å². The molecule has 9 aromatic carbocycles. The maximum atomic E-state index is 13.6. The fourth-order valence-corrected chi connectivity index (χ4v) is 21.3. The summed E-state index contributed by atoms with van der Waals surface area (Å²) in [5, 5.41) is 18.4. The van der Waals surface area contributed by atoms with Gasteiger partial charge in [-0.2, -0.15) is 10.5 Å². The summed E-state index contributed by atoms with van der Waals surface area (Å²) >= 11 is 11.9. The second kappa shape index (κ2) is 46.2. The van der Waals surface area contributed by atoms with Crippen LogP contribution >= 0.6 is 23.2 Å². The number of hydrogen-bond donors (Lipinski definition) is 0. The van der Waals surface area contributed by atoms with Crippen molar-refractivity contribution < 1.29 is 93.2 Å². The van der Waals surface area contributed by atoms with E-state index in [4.69, 9.17) is 71.6 Å². The molecule has 0 saturated carbocycles. The van der Waals surface area contributed by atoms with Gasteiger partial charge in [-0.1, -0.05) is 71.7 Å². The second-order valence-electron chi connectivity index (χ2n) is 29.1. The number of methoxy groups -OCH3 is 8. The Morgan fingerprint density at radius 3 is 0.726 bits per heavy atom. The predicted octanol–water partition coefficient (Wildman–Crippen LogP) is 19.5. The zero-order valence-corrected chi connectivity index (χ0v) is 78.8. The van der Waals surface area contributed by atoms with Gasteiger partial charge in [-0.05, 0) is 226 Å². The summed E-state index contributed by atoms with van der Waals surface area (Å²) in [5.74, 6) is -0.626. The highest BCUT2D eigenvalue weighted by Crippen LogP contribution is 2.37. The van der Waals surface area contributed by atoms with Gasteiger partial charge in [0.1, 0.15) is 82.2 Å². The summed E-state index contributed by atoms with van der Waals surface area (Å²) in [6.07, 6.45) is 17.3. The van der Waals surface area contributed by atoms with Crippen LogP contribution in [0.2, 0.25) is 10.0 Å². The number of sulfone groups is 5. The van der Waals surface area contributed by atoms with Crippen molar-refractivity contribution in [3.05, 3.63) is 365 Å². The van der Waals surface area contributed by atoms with Gasteiger partial charge in [0.15, 0.2) is 49.2 Å². The quantitative estimate of drug-likeness (QED) is 0.0439. The van der Waals surface area contributed by atoms with Crippen molar-refractivity contribution >= 4 is 72.4 Å². The van der Waals surface area contributed by atoms with Gasteiger partial charge in [-0.3, -0.25) is 24.9 Å². The number of rotatable bonds is 28. The van der Waals surface area contributed by atoms with Gasteiger partial charge >= 0.3 is 0 Å². The molecular formula is C99H83Cl2F3N8O18S5. The molecule has 0 fully saturated rings. The molecule has 0 amide bonds. The first-order valence-electron chi connectivity index (χ1n) is 40.0. The zero-order valence-electron chi connectivity index (χ0n) is 73.2. The summed E-state index contributed by atoms with van der Waals surface area (Å²) in [7, 11) is -7.25. The summed E-state index contributed by atoms with van der Waals surface area (Å²) in [4.78, 5) is 24.4. The molecule has 15 aromatic rings. The third kappa shape index (κ3) is 27.3. The Hall–Kier alpha value is -14.6. The van der Waals surface area contributed by atoms with Crippen LogP contribution in [0.5, 0.6) is 46.1 Å². The van der Waals surface area contributed by atoms with Crippen molar-refractivity contribution in [3.8, 4) is 114 Å². The molecule has 0 aliphatic heterocycles. The minimum absolute atomic E-state index is 0.0428. The topological polar surface area (TPSA) is 369 Å². The molecule has 0 aliphatic rings. The summed E-state index contributed by atoms with van der Waals surface area (Å²) < 4.78 is 210. The highest BCUT2D eigenvalue weighted by atomic mass is 35.5. The van der Waals surface area contributed by atoms with E-state index in [1.54, 1.807) is 161 Å². The predicted molar refractivity (Wildman–Crippen MR) is 505 cm³/mol. The molecule has 0 N–H and O–H groups in total. The Balaban J connectivity index is 0.000000162. The number of nitrogens with zero attached hydrogens (tertiary/aromatic N) is 8. The SMILES string of the molecule is COc1ccc(-c2cncc(CS(=O)(=O)c3cc(Cl)ccc3OC)c2)cc1.COc1ccc(-c2cncc(CS(=O)(=O)c3cc(F)ccc3OC)c2)cc1.COc1ccc(-c2cncc(CS(=O)(=O)c3cc(F)ccc3OC)c2)cn1.COc1ccc(Cl)cc1S(=O)(=O)Cc1cncc(-c2ccc(C#N)cc2)c1.COc1ccc(F)cc1S(=O)(=O)Cc1cncc(-c2ccc(C#N)cc2)c1. The van der Waals surface area contributed by atoms with Gasteiger partial charge < -0.3 is 37.9 Å². The molecule has 135 heavy (non-hydrogen) atoms. The van der Waals surface area contributed by atoms with E-state index in [1.165, 1.54) is 104 Å². The van der Waals surface area contributed by atoms with E-state index in [-0.39, 0.29) is 82.0 Å². The fourth-order valence-electron chi connectivity index (χ4n) is 13.3. The van der Waals surface area contributed by atoms with E-state index in [2.05, 4.69) is 36.0 Å². The van der Waals surface area contributed by atoms with E-state index < -0.39 is 66.6 Å². The highest BCUT2D eigenvalue weighted by Gasteiger charge is 2.28. The number of benzene rings is 9. The van der Waals surface area contributed by atoms with E-state index in [0.29, 0.717) is 60.4 Å². The van der Waals surface area contributed by atoms with Crippen LogP contribution in [0.25, 0.3) is 55.6 Å². The van der Waals surface area contributed by atoms with Crippen LogP contribution in [0.4, 0.5) is 13.2 Å². The normalized spacial score (nSPS) is 11.1. The second-order valence-corrected chi connectivity index (χ2v) is 39.8. The highest BCUT2D eigenvalue weighted by molar-refractivity contribution is 7.92. The molecule has 26 nitrogen and oxygen atoms in total. The molecule has 0 aliphatic carbocycles. The lowest BCUT2D eigenvalue weighted by Gasteiger charge is -2.11. The smallest absolute Gasteiger partial charge is 0.212 e. The Morgan fingerprint density at radius 2 is 0.496 bits per heavy atom. The Bertz CT molecular complexity index is 6860. The molecule has 15 rings (SSSR count). The number of ether oxygens (including phenoxy) is 8. The molecule has 0 radical (unpaired) electrons. The molecule has 0 atom stereocenters. The molecule has 0 unspecified atom stereocenters. The lowest BCUT2D eigenvalue weighted by Crippen LogP contribution is -2.08. The van der Waals surface area contributed by atoms with Crippen LogP contribution < -0.4 is 37.9 Å². The molecule has 36 heteroatoms. The summed E-state index contributed by atoms with van der Waals surface area (Å²) in [6.45, 7) is 0. The van der Waals surface area contributed by atoms with Crippen LogP contribution in [0.1, 0.15) is 38.9 Å². The van der Waals surface area contributed by atoms with Crippen molar-refractivity contribution in [1.82, 2.24) is 29.9 Å². The van der Waals surface area contributed by atoms with Crippen LogP contribution in [-0.4, -0.2) is 129 Å². The van der Waals surface area contributed by atoms with Crippen molar-refractivity contribution in [2.24, 2.45) is 0 Å². The number of pyridine rings is 6. The maximum Gasteiger partial charge on any atom is 0.212 e. The van der Waals surface area contributed by atoms with Gasteiger partial charge in [-0.25, -0.2) is 60.2 Å². The molecule has 6 aromatic heterocycles. The summed E-state index contributed by atoms with van der Waals surface area (Å²) in [5.41, 5.74) is 11.6. The van der Waals surface area contributed by atoms with E-state index >= 15 is 0 Å². The number of aromatic nitrogens is 6. The first-order chi connectivity index (χ1) is 64.6. The van der Waals surface area contributed by atoms with Crippen LogP contribution in [-0.2, 0) is 78.0 Å². The monoisotopic (exact) mass is 1960 g/mol. The first-order valence-corrected chi connectivity index (χ1v) is 49.0. The molecule has 0 spiro atoms. The van der Waals surface area contributed by atoms with Gasteiger partial charge in [0.25, 0.3) is 0 Å². The zero-order chi connectivity index (χ0) is 97.2. The number of hydrogen-bond acceptors (Lipinski definition) is 26. The van der Waals surface area contributed by atoms with Gasteiger partial charge in [0.2, 0.25) is 5.88 Å². The van der Waals surface area contributed by atoms with Crippen molar-refractivity contribution in [2.45, 2.75) is 53.2 Å². The fraction of sp³-hybridized carbons (Fsp3) is 0.131. The summed E-state index contributed by atoms with van der Waals surface area (Å²) in [6, 6.07) is 64.3. The van der Waals surface area contributed by atoms with Crippen molar-refractivity contribution in [3.63, 3.8) is 0 Å². The van der Waals surface area contributed by atoms with Crippen molar-refractivity contribution in [2.75, 3.05) is 56.9 Å². The standard InChI is InChI=1S/C20H15ClN2O3S.C20H18ClNO4S.C20H15FN2O3S.C20H18FNO4S.C19H17FN2O4S/c1-26-19-7-6-18(21)9-20(19)27(24,25)13-15-8-17(12-23-11-15)16-4-2-14(10-22)3-5-16;1-25-18-6-3-15(4-7-18)16-9-14(11-22-12-16)13-27(23,24)20-10-17(21)5-8-19(20)26-2;1-26-19-7-6-18(21)9-20(19)27(24,25)13-15-8-17(12-23-11-15)16-4-2-14(10-22)3-5-16;1-25-18-6-3-15(4-7-18)16-9-14(11-22-12-16)13-27(23,24)20-10-17(21)5-8-19(20)26-2;1-25-17-5-4-16(20)8-18(17)27(23,24)12-13-7-15(10-21-9-13)14-3-6-19(26-2)22-11-14/h2-9,11-12H,13H2,1H3;3-12H,13H2,1-2H3;2-9,11-12H,13H2,1H3;3-12H,13H2,1-2H3;3-11H,12H2,1-2H3.